The molecule has 2 N–H and O–H groups in total. The Bertz CT molecular complexity index is 1060. The van der Waals surface area contributed by atoms with Gasteiger partial charge in [-0.15, -0.1) is 0 Å². The molecule has 1 amide bonds. The van der Waals surface area contributed by atoms with Crippen molar-refractivity contribution in [1.82, 2.24) is 10.3 Å². The molecule has 30 heavy (non-hydrogen) atoms. The minimum atomic E-state index is -0.757. The van der Waals surface area contributed by atoms with Crippen LogP contribution in [-0.2, 0) is 27.4 Å². The van der Waals surface area contributed by atoms with Crippen molar-refractivity contribution < 1.29 is 19.1 Å². The number of amides is 1. The number of carbonyl (C=O) groups is 2. The SMILES string of the molecule is CC1(C)OC(=O)C[C@@H]1C(=O)NCCc1c[nH]c2ccc(OCc3ccccc3)cc12. The van der Waals surface area contributed by atoms with Gasteiger partial charge < -0.3 is 19.8 Å². The van der Waals surface area contributed by atoms with Crippen LogP contribution in [0.25, 0.3) is 10.9 Å². The zero-order valence-electron chi connectivity index (χ0n) is 17.2. The van der Waals surface area contributed by atoms with Gasteiger partial charge in [0, 0.05) is 23.6 Å². The average molecular weight is 406 g/mol. The van der Waals surface area contributed by atoms with Crippen LogP contribution < -0.4 is 10.1 Å². The Hall–Kier alpha value is -3.28. The first-order valence-electron chi connectivity index (χ1n) is 10.2. The Morgan fingerprint density at radius 2 is 2.03 bits per heavy atom. The Kier molecular flexibility index (Phi) is 5.48. The number of esters is 1. The summed E-state index contributed by atoms with van der Waals surface area (Å²) in [6.45, 7) is 4.55. The lowest BCUT2D eigenvalue weighted by Crippen LogP contribution is -2.41. The van der Waals surface area contributed by atoms with E-state index in [4.69, 9.17) is 9.47 Å². The fourth-order valence-electron chi connectivity index (χ4n) is 3.87. The summed E-state index contributed by atoms with van der Waals surface area (Å²) >= 11 is 0. The van der Waals surface area contributed by atoms with Crippen molar-refractivity contribution in [1.29, 1.82) is 0 Å². The van der Waals surface area contributed by atoms with Crippen LogP contribution in [0.1, 0.15) is 31.4 Å². The molecule has 0 unspecified atom stereocenters. The van der Waals surface area contributed by atoms with E-state index in [1.807, 2.05) is 54.7 Å². The number of carbonyl (C=O) groups excluding carboxylic acids is 2. The smallest absolute Gasteiger partial charge is 0.307 e. The number of nitrogens with one attached hydrogen (secondary N) is 2. The number of hydrogen-bond acceptors (Lipinski definition) is 4. The van der Waals surface area contributed by atoms with Crippen LogP contribution in [0.3, 0.4) is 0 Å². The molecule has 1 aromatic heterocycles. The van der Waals surface area contributed by atoms with Crippen LogP contribution in [0.5, 0.6) is 5.75 Å². The molecule has 4 rings (SSSR count). The van der Waals surface area contributed by atoms with Gasteiger partial charge >= 0.3 is 5.97 Å². The number of cyclic esters (lactones) is 1. The maximum atomic E-state index is 12.5. The molecule has 0 spiro atoms. The molecular formula is C24H26N2O4. The van der Waals surface area contributed by atoms with Crippen molar-refractivity contribution in [2.45, 2.75) is 38.9 Å². The molecule has 0 saturated carbocycles. The predicted molar refractivity (Wildman–Crippen MR) is 114 cm³/mol. The van der Waals surface area contributed by atoms with Crippen molar-refractivity contribution >= 4 is 22.8 Å². The number of fused-ring (bicyclic) bond motifs is 1. The second kappa shape index (κ2) is 8.22. The van der Waals surface area contributed by atoms with Crippen LogP contribution >= 0.6 is 0 Å². The maximum Gasteiger partial charge on any atom is 0.307 e. The van der Waals surface area contributed by atoms with Gasteiger partial charge in [-0.05, 0) is 49.6 Å². The molecule has 156 valence electrons. The highest BCUT2D eigenvalue weighted by Gasteiger charge is 2.45. The number of aromatic nitrogens is 1. The third kappa shape index (κ3) is 4.32. The first kappa shape index (κ1) is 20.0. The third-order valence-electron chi connectivity index (χ3n) is 5.58. The normalized spacial score (nSPS) is 17.7. The summed E-state index contributed by atoms with van der Waals surface area (Å²) in [5.41, 5.74) is 2.49. The summed E-state index contributed by atoms with van der Waals surface area (Å²) in [6.07, 6.45) is 2.77. The summed E-state index contributed by atoms with van der Waals surface area (Å²) < 4.78 is 11.2. The van der Waals surface area contributed by atoms with Crippen molar-refractivity contribution in [3.63, 3.8) is 0 Å². The molecular weight excluding hydrogens is 380 g/mol. The summed E-state index contributed by atoms with van der Waals surface area (Å²) in [4.78, 5) is 27.3. The zero-order valence-corrected chi connectivity index (χ0v) is 17.2. The second-order valence-corrected chi connectivity index (χ2v) is 8.17. The van der Waals surface area contributed by atoms with E-state index in [2.05, 4.69) is 10.3 Å². The third-order valence-corrected chi connectivity index (χ3v) is 5.58. The summed E-state index contributed by atoms with van der Waals surface area (Å²) in [7, 11) is 0. The van der Waals surface area contributed by atoms with Gasteiger partial charge in [-0.3, -0.25) is 9.59 Å². The summed E-state index contributed by atoms with van der Waals surface area (Å²) in [5, 5.41) is 4.03. The van der Waals surface area contributed by atoms with E-state index in [1.165, 1.54) is 0 Å². The van der Waals surface area contributed by atoms with E-state index in [1.54, 1.807) is 13.8 Å². The monoisotopic (exact) mass is 406 g/mol. The van der Waals surface area contributed by atoms with E-state index in [9.17, 15) is 9.59 Å². The molecule has 1 aliphatic heterocycles. The first-order valence-corrected chi connectivity index (χ1v) is 10.2. The molecule has 0 radical (unpaired) electrons. The van der Waals surface area contributed by atoms with Gasteiger partial charge in [0.2, 0.25) is 5.91 Å². The fraction of sp³-hybridized carbons (Fsp3) is 0.333. The van der Waals surface area contributed by atoms with Gasteiger partial charge in [0.1, 0.15) is 18.0 Å². The number of rotatable bonds is 7. The predicted octanol–water partition coefficient (Wildman–Crippen LogP) is 3.75. The Balaban J connectivity index is 1.37. The highest BCUT2D eigenvalue weighted by molar-refractivity contribution is 5.88. The second-order valence-electron chi connectivity index (χ2n) is 8.17. The molecule has 1 fully saturated rings. The molecule has 0 aliphatic carbocycles. The molecule has 1 atom stereocenters. The number of benzene rings is 2. The van der Waals surface area contributed by atoms with E-state index in [0.717, 1.165) is 27.8 Å². The van der Waals surface area contributed by atoms with Gasteiger partial charge in [-0.2, -0.15) is 0 Å². The molecule has 2 aromatic carbocycles. The van der Waals surface area contributed by atoms with Crippen LogP contribution in [0, 0.1) is 5.92 Å². The minimum Gasteiger partial charge on any atom is -0.489 e. The van der Waals surface area contributed by atoms with Gasteiger partial charge in [0.05, 0.1) is 12.3 Å². The number of ether oxygens (including phenoxy) is 2. The number of H-pyrrole nitrogens is 1. The summed E-state index contributed by atoms with van der Waals surface area (Å²) in [6, 6.07) is 16.0. The van der Waals surface area contributed by atoms with Gasteiger partial charge in [-0.25, -0.2) is 0 Å². The lowest BCUT2D eigenvalue weighted by molar-refractivity contribution is -0.147. The molecule has 6 nitrogen and oxygen atoms in total. The highest BCUT2D eigenvalue weighted by Crippen LogP contribution is 2.32. The number of aromatic amines is 1. The number of hydrogen-bond donors (Lipinski definition) is 2. The Morgan fingerprint density at radius 1 is 1.23 bits per heavy atom. The first-order chi connectivity index (χ1) is 14.4. The largest absolute Gasteiger partial charge is 0.489 e. The van der Waals surface area contributed by atoms with Gasteiger partial charge in [0.25, 0.3) is 0 Å². The standard InChI is InChI=1S/C24H26N2O4/c1-24(2)20(13-22(27)30-24)23(28)25-11-10-17-14-26-21-9-8-18(12-19(17)21)29-15-16-6-4-3-5-7-16/h3-9,12,14,20,26H,10-11,13,15H2,1-2H3,(H,25,28)/t20-/m1/s1. The van der Waals surface area contributed by atoms with Crippen LogP contribution in [0.15, 0.2) is 54.7 Å². The molecule has 0 bridgehead atoms. The van der Waals surface area contributed by atoms with E-state index in [-0.39, 0.29) is 18.3 Å². The van der Waals surface area contributed by atoms with Gasteiger partial charge in [0.15, 0.2) is 0 Å². The Labute approximate surface area is 175 Å². The molecule has 1 aliphatic rings. The highest BCUT2D eigenvalue weighted by atomic mass is 16.6. The molecule has 3 aromatic rings. The molecule has 6 heteroatoms. The minimum absolute atomic E-state index is 0.133. The van der Waals surface area contributed by atoms with Crippen LogP contribution in [0.2, 0.25) is 0 Å². The van der Waals surface area contributed by atoms with Crippen molar-refractivity contribution in [3.8, 4) is 5.75 Å². The lowest BCUT2D eigenvalue weighted by atomic mass is 9.90. The van der Waals surface area contributed by atoms with Crippen molar-refractivity contribution in [3.05, 3.63) is 65.9 Å². The topological polar surface area (TPSA) is 80.4 Å². The lowest BCUT2D eigenvalue weighted by Gasteiger charge is -2.23. The van der Waals surface area contributed by atoms with Crippen LogP contribution in [-0.4, -0.2) is 29.0 Å². The maximum absolute atomic E-state index is 12.5. The zero-order chi connectivity index (χ0) is 21.1. The van der Waals surface area contributed by atoms with E-state index < -0.39 is 11.5 Å². The van der Waals surface area contributed by atoms with E-state index in [0.29, 0.717) is 19.6 Å². The van der Waals surface area contributed by atoms with E-state index >= 15 is 0 Å². The summed E-state index contributed by atoms with van der Waals surface area (Å²) in [5.74, 6) is -0.108. The van der Waals surface area contributed by atoms with Crippen molar-refractivity contribution in [2.24, 2.45) is 5.92 Å². The Morgan fingerprint density at radius 3 is 2.77 bits per heavy atom. The molecule has 1 saturated heterocycles. The quantitative estimate of drug-likeness (QED) is 0.586. The van der Waals surface area contributed by atoms with Gasteiger partial charge in [-0.1, -0.05) is 30.3 Å². The van der Waals surface area contributed by atoms with Crippen molar-refractivity contribution in [2.75, 3.05) is 6.54 Å². The fourth-order valence-corrected chi connectivity index (χ4v) is 3.87. The van der Waals surface area contributed by atoms with Crippen LogP contribution in [0.4, 0.5) is 0 Å². The average Bonchev–Trinajstić information content (AvgIpc) is 3.25. The molecule has 2 heterocycles.